The molecule has 0 atom stereocenters. The van der Waals surface area contributed by atoms with Gasteiger partial charge in [-0.25, -0.2) is 9.97 Å². The maximum absolute atomic E-state index is 13.2. The van der Waals surface area contributed by atoms with E-state index in [0.29, 0.717) is 46.3 Å². The lowest BCUT2D eigenvalue weighted by atomic mass is 9.91. The molecule has 0 unspecified atom stereocenters. The van der Waals surface area contributed by atoms with Gasteiger partial charge in [0.2, 0.25) is 5.91 Å². The van der Waals surface area contributed by atoms with Crippen molar-refractivity contribution < 1.29 is 23.8 Å². The Labute approximate surface area is 215 Å². The third-order valence-electron chi connectivity index (χ3n) is 7.03. The van der Waals surface area contributed by atoms with E-state index in [2.05, 4.69) is 25.6 Å². The number of aromatic amines is 1. The number of benzene rings is 1. The largest absolute Gasteiger partial charge is 0.497 e. The molecule has 37 heavy (non-hydrogen) atoms. The molecule has 196 valence electrons. The fourth-order valence-electron chi connectivity index (χ4n) is 4.80. The Morgan fingerprint density at radius 2 is 1.78 bits per heavy atom. The summed E-state index contributed by atoms with van der Waals surface area (Å²) in [5, 5.41) is 6.12. The van der Waals surface area contributed by atoms with Crippen LogP contribution in [-0.4, -0.2) is 66.3 Å². The molecule has 0 spiro atoms. The van der Waals surface area contributed by atoms with Crippen molar-refractivity contribution in [2.24, 2.45) is 5.92 Å². The highest BCUT2D eigenvalue weighted by Crippen LogP contribution is 2.37. The summed E-state index contributed by atoms with van der Waals surface area (Å²) in [5.41, 5.74) is 3.20. The molecule has 2 fully saturated rings. The Kier molecular flexibility index (Phi) is 7.55. The summed E-state index contributed by atoms with van der Waals surface area (Å²) < 4.78 is 16.4. The van der Waals surface area contributed by atoms with Crippen molar-refractivity contribution in [2.75, 3.05) is 27.4 Å². The van der Waals surface area contributed by atoms with E-state index in [4.69, 9.17) is 14.2 Å². The number of nitrogens with zero attached hydrogens (tertiary/aromatic N) is 2. The first-order valence-corrected chi connectivity index (χ1v) is 12.8. The van der Waals surface area contributed by atoms with Crippen LogP contribution in [0.15, 0.2) is 30.7 Å². The van der Waals surface area contributed by atoms with Crippen molar-refractivity contribution in [1.29, 1.82) is 0 Å². The van der Waals surface area contributed by atoms with Crippen LogP contribution in [0.1, 0.15) is 48.9 Å². The van der Waals surface area contributed by atoms with E-state index in [0.717, 1.165) is 31.2 Å². The SMILES string of the molecule is COCC(=O)NC1CCC(NC(=O)c2c[nH]c3c(-c4ccc(OC)cc4OCC4CC4)ncnc23)CC1. The van der Waals surface area contributed by atoms with Gasteiger partial charge in [0.25, 0.3) is 5.91 Å². The van der Waals surface area contributed by atoms with Crippen LogP contribution in [0.25, 0.3) is 22.3 Å². The number of hydrogen-bond acceptors (Lipinski definition) is 7. The van der Waals surface area contributed by atoms with Gasteiger partial charge in [0.1, 0.15) is 35.6 Å². The molecule has 2 saturated carbocycles. The van der Waals surface area contributed by atoms with Crippen LogP contribution in [-0.2, 0) is 9.53 Å². The predicted octanol–water partition coefficient (Wildman–Crippen LogP) is 3.23. The molecule has 3 aromatic rings. The lowest BCUT2D eigenvalue weighted by molar-refractivity contribution is -0.125. The first-order valence-electron chi connectivity index (χ1n) is 12.8. The minimum atomic E-state index is -0.178. The average molecular weight is 508 g/mol. The second-order valence-corrected chi connectivity index (χ2v) is 9.79. The maximum atomic E-state index is 13.2. The fraction of sp³-hybridized carbons (Fsp3) is 0.481. The average Bonchev–Trinajstić information content (AvgIpc) is 3.64. The molecule has 5 rings (SSSR count). The number of methoxy groups -OCH3 is 2. The van der Waals surface area contributed by atoms with Crippen LogP contribution >= 0.6 is 0 Å². The molecule has 10 heteroatoms. The van der Waals surface area contributed by atoms with Crippen molar-refractivity contribution in [3.63, 3.8) is 0 Å². The molecule has 2 aliphatic rings. The maximum Gasteiger partial charge on any atom is 0.255 e. The number of aromatic nitrogens is 3. The number of H-pyrrole nitrogens is 1. The number of amides is 2. The van der Waals surface area contributed by atoms with Crippen LogP contribution in [0.5, 0.6) is 11.5 Å². The lowest BCUT2D eigenvalue weighted by Crippen LogP contribution is -2.44. The molecule has 2 heterocycles. The molecule has 1 aromatic carbocycles. The van der Waals surface area contributed by atoms with E-state index in [-0.39, 0.29) is 30.5 Å². The van der Waals surface area contributed by atoms with Crippen LogP contribution in [0, 0.1) is 5.92 Å². The predicted molar refractivity (Wildman–Crippen MR) is 138 cm³/mol. The van der Waals surface area contributed by atoms with Crippen LogP contribution in [0.2, 0.25) is 0 Å². The zero-order valence-electron chi connectivity index (χ0n) is 21.2. The first kappa shape index (κ1) is 25.0. The number of nitrogens with one attached hydrogen (secondary N) is 3. The summed E-state index contributed by atoms with van der Waals surface area (Å²) in [6.07, 6.45) is 8.74. The molecule has 2 amide bonds. The monoisotopic (exact) mass is 507 g/mol. The summed E-state index contributed by atoms with van der Waals surface area (Å²) in [7, 11) is 3.13. The first-order chi connectivity index (χ1) is 18.1. The minimum Gasteiger partial charge on any atom is -0.497 e. The van der Waals surface area contributed by atoms with Crippen molar-refractivity contribution in [3.05, 3.63) is 36.3 Å². The zero-order valence-corrected chi connectivity index (χ0v) is 21.2. The molecule has 0 aliphatic heterocycles. The van der Waals surface area contributed by atoms with Gasteiger partial charge in [0, 0.05) is 37.0 Å². The minimum absolute atomic E-state index is 0.0401. The molecular weight excluding hydrogens is 474 g/mol. The number of carbonyl (C=O) groups excluding carboxylic acids is 2. The van der Waals surface area contributed by atoms with E-state index in [1.54, 1.807) is 13.3 Å². The number of rotatable bonds is 10. The molecule has 2 aliphatic carbocycles. The van der Waals surface area contributed by atoms with Gasteiger partial charge in [-0.2, -0.15) is 0 Å². The Morgan fingerprint density at radius 3 is 2.49 bits per heavy atom. The van der Waals surface area contributed by atoms with E-state index in [9.17, 15) is 9.59 Å². The fourth-order valence-corrected chi connectivity index (χ4v) is 4.80. The molecule has 3 N–H and O–H groups in total. The van der Waals surface area contributed by atoms with E-state index in [1.165, 1.54) is 26.3 Å². The zero-order chi connectivity index (χ0) is 25.8. The van der Waals surface area contributed by atoms with Gasteiger partial charge in [-0.05, 0) is 56.6 Å². The molecule has 0 radical (unpaired) electrons. The van der Waals surface area contributed by atoms with Crippen molar-refractivity contribution in [3.8, 4) is 22.8 Å². The quantitative estimate of drug-likeness (QED) is 0.384. The third kappa shape index (κ3) is 5.85. The Bertz CT molecular complexity index is 1260. The Hall–Kier alpha value is -3.66. The second-order valence-electron chi connectivity index (χ2n) is 9.79. The normalized spacial score (nSPS) is 19.4. The molecular formula is C27H33N5O5. The molecule has 2 aromatic heterocycles. The van der Waals surface area contributed by atoms with Crippen molar-refractivity contribution >= 4 is 22.8 Å². The second kappa shape index (κ2) is 11.2. The Morgan fingerprint density at radius 1 is 1.03 bits per heavy atom. The van der Waals surface area contributed by atoms with Crippen LogP contribution in [0.3, 0.4) is 0 Å². The van der Waals surface area contributed by atoms with Gasteiger partial charge in [0.15, 0.2) is 0 Å². The third-order valence-corrected chi connectivity index (χ3v) is 7.03. The lowest BCUT2D eigenvalue weighted by Gasteiger charge is -2.29. The highest BCUT2D eigenvalue weighted by molar-refractivity contribution is 6.08. The summed E-state index contributed by atoms with van der Waals surface area (Å²) >= 11 is 0. The van der Waals surface area contributed by atoms with Gasteiger partial charge in [0.05, 0.1) is 24.8 Å². The van der Waals surface area contributed by atoms with Crippen LogP contribution < -0.4 is 20.1 Å². The van der Waals surface area contributed by atoms with Gasteiger partial charge in [-0.1, -0.05) is 0 Å². The van der Waals surface area contributed by atoms with Gasteiger partial charge in [-0.3, -0.25) is 9.59 Å². The summed E-state index contributed by atoms with van der Waals surface area (Å²) in [6, 6.07) is 5.82. The number of carbonyl (C=O) groups is 2. The topological polar surface area (TPSA) is 127 Å². The van der Waals surface area contributed by atoms with E-state index < -0.39 is 0 Å². The number of fused-ring (bicyclic) bond motifs is 1. The molecule has 0 saturated heterocycles. The highest BCUT2D eigenvalue weighted by atomic mass is 16.5. The van der Waals surface area contributed by atoms with Gasteiger partial charge >= 0.3 is 0 Å². The summed E-state index contributed by atoms with van der Waals surface area (Å²) in [5.74, 6) is 1.72. The number of hydrogen-bond donors (Lipinski definition) is 3. The van der Waals surface area contributed by atoms with Crippen LogP contribution in [0.4, 0.5) is 0 Å². The van der Waals surface area contributed by atoms with Gasteiger partial charge in [-0.15, -0.1) is 0 Å². The Balaban J connectivity index is 1.30. The number of ether oxygens (including phenoxy) is 3. The standard InChI is InChI=1S/C27H33N5O5/c1-35-14-23(33)31-17-5-7-18(8-6-17)32-27(34)21-12-28-26-24(29-15-30-25(21)26)20-10-9-19(36-2)11-22(20)37-13-16-3-4-16/h9-12,15-18,28H,3-8,13-14H2,1-2H3,(H,31,33)(H,32,34). The molecule has 0 bridgehead atoms. The van der Waals surface area contributed by atoms with Crippen molar-refractivity contribution in [2.45, 2.75) is 50.6 Å². The molecule has 10 nitrogen and oxygen atoms in total. The highest BCUT2D eigenvalue weighted by Gasteiger charge is 2.26. The summed E-state index contributed by atoms with van der Waals surface area (Å²) in [6.45, 7) is 0.719. The van der Waals surface area contributed by atoms with E-state index in [1.807, 2.05) is 18.2 Å². The summed E-state index contributed by atoms with van der Waals surface area (Å²) in [4.78, 5) is 37.1. The smallest absolute Gasteiger partial charge is 0.255 e. The van der Waals surface area contributed by atoms with Gasteiger partial charge < -0.3 is 29.8 Å². The van der Waals surface area contributed by atoms with Crippen molar-refractivity contribution in [1.82, 2.24) is 25.6 Å². The van der Waals surface area contributed by atoms with E-state index >= 15 is 0 Å².